The first-order valence-electron chi connectivity index (χ1n) is 6.07. The number of aromatic nitrogens is 1. The molecule has 0 bridgehead atoms. The molecule has 2 N–H and O–H groups in total. The first-order chi connectivity index (χ1) is 9.10. The van der Waals surface area contributed by atoms with E-state index in [0.717, 1.165) is 22.5 Å². The van der Waals surface area contributed by atoms with Crippen molar-refractivity contribution >= 4 is 24.0 Å². The van der Waals surface area contributed by atoms with Gasteiger partial charge in [0.25, 0.3) is 0 Å². The number of halogens is 1. The number of hydrogen-bond acceptors (Lipinski definition) is 4. The van der Waals surface area contributed by atoms with Crippen LogP contribution in [0.1, 0.15) is 11.3 Å². The lowest BCUT2D eigenvalue weighted by Crippen LogP contribution is -2.25. The van der Waals surface area contributed by atoms with Gasteiger partial charge in [0, 0.05) is 11.3 Å². The number of anilines is 1. The average Bonchev–Trinajstić information content (AvgIpc) is 2.79. The first kappa shape index (κ1) is 16.2. The van der Waals surface area contributed by atoms with E-state index in [1.54, 1.807) is 13.3 Å². The molecule has 0 unspecified atom stereocenters. The zero-order valence-electron chi connectivity index (χ0n) is 11.7. The van der Waals surface area contributed by atoms with Crippen molar-refractivity contribution in [1.82, 2.24) is 10.3 Å². The van der Waals surface area contributed by atoms with E-state index in [9.17, 15) is 4.79 Å². The van der Waals surface area contributed by atoms with Gasteiger partial charge in [-0.3, -0.25) is 4.79 Å². The Balaban J connectivity index is 0.00000200. The van der Waals surface area contributed by atoms with Gasteiger partial charge in [-0.05, 0) is 38.6 Å². The second-order valence-electron chi connectivity index (χ2n) is 4.40. The predicted molar refractivity (Wildman–Crippen MR) is 81.2 cm³/mol. The molecule has 1 aromatic heterocycles. The summed E-state index contributed by atoms with van der Waals surface area (Å²) in [7, 11) is 1.73. The molecule has 0 radical (unpaired) electrons. The fraction of sp³-hybridized carbons (Fsp3) is 0.286. The average molecular weight is 296 g/mol. The largest absolute Gasteiger partial charge is 0.444 e. The zero-order chi connectivity index (χ0) is 13.8. The van der Waals surface area contributed by atoms with Crippen molar-refractivity contribution in [3.63, 3.8) is 0 Å². The maximum absolute atomic E-state index is 11.6. The third-order valence-corrected chi connectivity index (χ3v) is 2.71. The molecule has 1 aromatic carbocycles. The summed E-state index contributed by atoms with van der Waals surface area (Å²) in [6.07, 6.45) is 1.61. The van der Waals surface area contributed by atoms with Crippen molar-refractivity contribution in [3.05, 3.63) is 35.7 Å². The van der Waals surface area contributed by atoms with Crippen LogP contribution < -0.4 is 10.6 Å². The molecular weight excluding hydrogens is 278 g/mol. The molecule has 108 valence electrons. The van der Waals surface area contributed by atoms with Crippen LogP contribution in [-0.4, -0.2) is 24.5 Å². The summed E-state index contributed by atoms with van der Waals surface area (Å²) in [5.74, 6) is 0.480. The Bertz CT molecular complexity index is 596. The number of likely N-dealkylation sites (N-methyl/N-ethyl adjacent to an activating group) is 1. The molecule has 0 spiro atoms. The van der Waals surface area contributed by atoms with Gasteiger partial charge in [0.15, 0.2) is 0 Å². The lowest BCUT2D eigenvalue weighted by Gasteiger charge is -2.09. The van der Waals surface area contributed by atoms with Crippen molar-refractivity contribution in [1.29, 1.82) is 0 Å². The Kier molecular flexibility index (Phi) is 5.73. The van der Waals surface area contributed by atoms with Gasteiger partial charge in [-0.15, -0.1) is 12.4 Å². The highest BCUT2D eigenvalue weighted by molar-refractivity contribution is 5.93. The van der Waals surface area contributed by atoms with Gasteiger partial charge in [-0.25, -0.2) is 4.98 Å². The smallest absolute Gasteiger partial charge is 0.238 e. The third-order valence-electron chi connectivity index (χ3n) is 2.71. The summed E-state index contributed by atoms with van der Waals surface area (Å²) in [4.78, 5) is 15.9. The van der Waals surface area contributed by atoms with E-state index >= 15 is 0 Å². The fourth-order valence-corrected chi connectivity index (χ4v) is 1.73. The molecule has 1 amide bonds. The molecule has 0 aliphatic rings. The normalized spacial score (nSPS) is 9.95. The number of amides is 1. The quantitative estimate of drug-likeness (QED) is 0.909. The van der Waals surface area contributed by atoms with Crippen molar-refractivity contribution < 1.29 is 9.21 Å². The van der Waals surface area contributed by atoms with E-state index in [0.29, 0.717) is 5.89 Å². The first-order valence-corrected chi connectivity index (χ1v) is 6.07. The molecular formula is C14H18ClN3O2. The number of nitrogens with zero attached hydrogens (tertiary/aromatic N) is 1. The molecule has 0 saturated carbocycles. The van der Waals surface area contributed by atoms with Crippen LogP contribution in [0.25, 0.3) is 11.5 Å². The highest BCUT2D eigenvalue weighted by Crippen LogP contribution is 2.24. The van der Waals surface area contributed by atoms with Crippen molar-refractivity contribution in [2.45, 2.75) is 13.8 Å². The molecule has 6 heteroatoms. The van der Waals surface area contributed by atoms with E-state index < -0.39 is 0 Å². The molecule has 5 nitrogen and oxygen atoms in total. The monoisotopic (exact) mass is 295 g/mol. The van der Waals surface area contributed by atoms with Crippen LogP contribution in [0, 0.1) is 13.8 Å². The summed E-state index contributed by atoms with van der Waals surface area (Å²) in [6.45, 7) is 4.10. The summed E-state index contributed by atoms with van der Waals surface area (Å²) in [5, 5.41) is 5.67. The van der Waals surface area contributed by atoms with Gasteiger partial charge in [-0.1, -0.05) is 6.07 Å². The number of carbonyl (C=O) groups excluding carboxylic acids is 1. The lowest BCUT2D eigenvalue weighted by molar-refractivity contribution is -0.115. The molecule has 20 heavy (non-hydrogen) atoms. The molecule has 0 saturated heterocycles. The maximum Gasteiger partial charge on any atom is 0.238 e. The third kappa shape index (κ3) is 3.82. The second kappa shape index (κ2) is 7.07. The maximum atomic E-state index is 11.6. The van der Waals surface area contributed by atoms with Crippen LogP contribution in [0.3, 0.4) is 0 Å². The number of hydrogen-bond donors (Lipinski definition) is 2. The lowest BCUT2D eigenvalue weighted by atomic mass is 10.1. The SMILES string of the molecule is CNCC(=O)Nc1cc(-c2nc(C)co2)ccc1C.Cl. The molecule has 2 aromatic rings. The van der Waals surface area contributed by atoms with Gasteiger partial charge in [0.2, 0.25) is 11.8 Å². The van der Waals surface area contributed by atoms with Gasteiger partial charge in [0.05, 0.1) is 12.2 Å². The molecule has 1 heterocycles. The minimum Gasteiger partial charge on any atom is -0.444 e. The second-order valence-corrected chi connectivity index (χ2v) is 4.40. The minimum absolute atomic E-state index is 0. The van der Waals surface area contributed by atoms with E-state index in [4.69, 9.17) is 4.42 Å². The van der Waals surface area contributed by atoms with Crippen LogP contribution >= 0.6 is 12.4 Å². The summed E-state index contributed by atoms with van der Waals surface area (Å²) in [6, 6.07) is 5.73. The number of carbonyl (C=O) groups is 1. The van der Waals surface area contributed by atoms with E-state index in [-0.39, 0.29) is 24.9 Å². The molecule has 2 rings (SSSR count). The van der Waals surface area contributed by atoms with Gasteiger partial charge in [0.1, 0.15) is 6.26 Å². The van der Waals surface area contributed by atoms with E-state index in [1.807, 2.05) is 32.0 Å². The minimum atomic E-state index is -0.0775. The summed E-state index contributed by atoms with van der Waals surface area (Å²) < 4.78 is 5.36. The summed E-state index contributed by atoms with van der Waals surface area (Å²) in [5.41, 5.74) is 3.44. The van der Waals surface area contributed by atoms with Crippen LogP contribution in [-0.2, 0) is 4.79 Å². The Hall–Kier alpha value is -1.85. The highest BCUT2D eigenvalue weighted by atomic mass is 35.5. The Morgan fingerprint density at radius 1 is 1.35 bits per heavy atom. The zero-order valence-corrected chi connectivity index (χ0v) is 12.5. The number of aryl methyl sites for hydroxylation is 2. The topological polar surface area (TPSA) is 67.2 Å². The number of rotatable bonds is 4. The molecule has 0 atom stereocenters. The summed E-state index contributed by atoms with van der Waals surface area (Å²) >= 11 is 0. The van der Waals surface area contributed by atoms with Crippen LogP contribution in [0.5, 0.6) is 0 Å². The van der Waals surface area contributed by atoms with Gasteiger partial charge < -0.3 is 15.1 Å². The van der Waals surface area contributed by atoms with Crippen LogP contribution in [0.2, 0.25) is 0 Å². The number of oxazole rings is 1. The van der Waals surface area contributed by atoms with E-state index in [2.05, 4.69) is 15.6 Å². The molecule has 0 aliphatic heterocycles. The van der Waals surface area contributed by atoms with Gasteiger partial charge in [-0.2, -0.15) is 0 Å². The Morgan fingerprint density at radius 3 is 2.70 bits per heavy atom. The van der Waals surface area contributed by atoms with E-state index in [1.165, 1.54) is 0 Å². The standard InChI is InChI=1S/C14H17N3O2.ClH/c1-9-4-5-11(14-16-10(2)8-19-14)6-12(9)17-13(18)7-15-3;/h4-6,8,15H,7H2,1-3H3,(H,17,18);1H. The fourth-order valence-electron chi connectivity index (χ4n) is 1.73. The van der Waals surface area contributed by atoms with Crippen molar-refractivity contribution in [2.75, 3.05) is 18.9 Å². The predicted octanol–water partition coefficient (Wildman–Crippen LogP) is 2.54. The number of nitrogens with one attached hydrogen (secondary N) is 2. The number of benzene rings is 1. The van der Waals surface area contributed by atoms with Crippen molar-refractivity contribution in [2.24, 2.45) is 0 Å². The molecule has 0 fully saturated rings. The van der Waals surface area contributed by atoms with Gasteiger partial charge >= 0.3 is 0 Å². The Morgan fingerprint density at radius 2 is 2.10 bits per heavy atom. The molecule has 0 aliphatic carbocycles. The highest BCUT2D eigenvalue weighted by Gasteiger charge is 2.09. The van der Waals surface area contributed by atoms with Crippen LogP contribution in [0.4, 0.5) is 5.69 Å². The Labute approximate surface area is 124 Å². The van der Waals surface area contributed by atoms with Crippen molar-refractivity contribution in [3.8, 4) is 11.5 Å². The van der Waals surface area contributed by atoms with Crippen LogP contribution in [0.15, 0.2) is 28.9 Å².